The van der Waals surface area contributed by atoms with Gasteiger partial charge in [0.25, 0.3) is 0 Å². The maximum Gasteiger partial charge on any atom is 0.471 e. The first-order chi connectivity index (χ1) is 14.9. The molecule has 0 aromatic heterocycles. The van der Waals surface area contributed by atoms with E-state index in [9.17, 15) is 32.3 Å². The van der Waals surface area contributed by atoms with Gasteiger partial charge >= 0.3 is 30.0 Å². The van der Waals surface area contributed by atoms with Gasteiger partial charge in [0, 0.05) is 32.2 Å². The molecule has 0 aromatic rings. The van der Waals surface area contributed by atoms with Gasteiger partial charge in [0.05, 0.1) is 6.61 Å². The second-order valence-electron chi connectivity index (χ2n) is 6.32. The fraction of sp³-hybridized carbons (Fsp3) is 0.750. The van der Waals surface area contributed by atoms with Gasteiger partial charge in [0.15, 0.2) is 18.5 Å². The van der Waals surface area contributed by atoms with Gasteiger partial charge in [-0.3, -0.25) is 19.2 Å². The number of hydrogen-bond acceptors (Lipinski definition) is 10. The Morgan fingerprint density at radius 2 is 1.66 bits per heavy atom. The SMILES string of the molecule is CC(=O)OC[C@H]1O[C@@H](OCCN=[N+]=[N-])[C@H](NC(=O)C(F)(F)F)[C@@H](OC(C)=O)[C@@H]1OC(C)=O. The third-order valence-electron chi connectivity index (χ3n) is 3.79. The van der Waals surface area contributed by atoms with E-state index in [4.69, 9.17) is 29.2 Å². The Kier molecular flexibility index (Phi) is 10.2. The molecule has 0 unspecified atom stereocenters. The molecule has 0 spiro atoms. The van der Waals surface area contributed by atoms with E-state index in [0.717, 1.165) is 20.8 Å². The standard InChI is InChI=1S/C16H21F3N4O9/c1-7(24)29-6-10-12(30-8(2)25)13(31-9(3)26)11(22-15(27)16(17,18)19)14(32-10)28-5-4-21-23-20/h10-14H,4-6H2,1-3H3,(H,22,27)/t10-,11-,12-,13-,14-/m1/s1. The zero-order valence-corrected chi connectivity index (χ0v) is 17.2. The van der Waals surface area contributed by atoms with Crippen LogP contribution in [0.25, 0.3) is 10.4 Å². The second-order valence-corrected chi connectivity index (χ2v) is 6.32. The molecule has 0 bridgehead atoms. The summed E-state index contributed by atoms with van der Waals surface area (Å²) in [5, 5.41) is 4.79. The van der Waals surface area contributed by atoms with Gasteiger partial charge in [-0.25, -0.2) is 0 Å². The van der Waals surface area contributed by atoms with Crippen molar-refractivity contribution in [3.63, 3.8) is 0 Å². The van der Waals surface area contributed by atoms with Gasteiger partial charge in [0.2, 0.25) is 0 Å². The lowest BCUT2D eigenvalue weighted by Crippen LogP contribution is -2.67. The minimum atomic E-state index is -5.32. The maximum atomic E-state index is 12.9. The normalized spacial score (nSPS) is 25.1. The first kappa shape index (κ1) is 26.9. The van der Waals surface area contributed by atoms with Crippen LogP contribution in [0.1, 0.15) is 20.8 Å². The first-order valence-corrected chi connectivity index (χ1v) is 9.00. The van der Waals surface area contributed by atoms with Crippen LogP contribution in [-0.2, 0) is 42.9 Å². The van der Waals surface area contributed by atoms with Gasteiger partial charge in [-0.2, -0.15) is 13.2 Å². The van der Waals surface area contributed by atoms with E-state index in [0.29, 0.717) is 0 Å². The summed E-state index contributed by atoms with van der Waals surface area (Å²) in [5.74, 6) is -5.08. The Balaban J connectivity index is 3.35. The van der Waals surface area contributed by atoms with Crippen LogP contribution < -0.4 is 5.32 Å². The molecule has 1 aliphatic heterocycles. The molecule has 180 valence electrons. The van der Waals surface area contributed by atoms with Crippen LogP contribution in [0.3, 0.4) is 0 Å². The average molecular weight is 470 g/mol. The molecule has 1 aliphatic rings. The average Bonchev–Trinajstić information content (AvgIpc) is 2.66. The number of alkyl halides is 3. The van der Waals surface area contributed by atoms with E-state index in [2.05, 4.69) is 10.0 Å². The summed E-state index contributed by atoms with van der Waals surface area (Å²) in [6.07, 6.45) is -11.7. The molecule has 32 heavy (non-hydrogen) atoms. The van der Waals surface area contributed by atoms with Crippen molar-refractivity contribution in [1.29, 1.82) is 0 Å². The molecule has 0 aromatic carbocycles. The molecular formula is C16H21F3N4O9. The molecule has 0 aliphatic carbocycles. The number of nitrogens with zero attached hydrogens (tertiary/aromatic N) is 3. The van der Waals surface area contributed by atoms with E-state index in [-0.39, 0.29) is 13.2 Å². The predicted octanol–water partition coefficient (Wildman–Crippen LogP) is 0.512. The summed E-state index contributed by atoms with van der Waals surface area (Å²) < 4.78 is 64.3. The highest BCUT2D eigenvalue weighted by Gasteiger charge is 2.53. The minimum Gasteiger partial charge on any atom is -0.463 e. The summed E-state index contributed by atoms with van der Waals surface area (Å²) in [7, 11) is 0. The molecule has 1 rings (SSSR count). The van der Waals surface area contributed by atoms with Crippen LogP contribution in [0.2, 0.25) is 0 Å². The monoisotopic (exact) mass is 470 g/mol. The molecule has 16 heteroatoms. The van der Waals surface area contributed by atoms with Gasteiger partial charge in [-0.15, -0.1) is 0 Å². The smallest absolute Gasteiger partial charge is 0.463 e. The highest BCUT2D eigenvalue weighted by Crippen LogP contribution is 2.29. The molecule has 1 amide bonds. The highest BCUT2D eigenvalue weighted by atomic mass is 19.4. The summed E-state index contributed by atoms with van der Waals surface area (Å²) in [5.41, 5.74) is 8.32. The maximum absolute atomic E-state index is 12.9. The van der Waals surface area contributed by atoms with Gasteiger partial charge < -0.3 is 29.0 Å². The lowest BCUT2D eigenvalue weighted by Gasteiger charge is -2.45. The molecule has 1 heterocycles. The van der Waals surface area contributed by atoms with Crippen molar-refractivity contribution in [3.8, 4) is 0 Å². The number of esters is 3. The highest BCUT2D eigenvalue weighted by molar-refractivity contribution is 5.82. The topological polar surface area (TPSA) is 175 Å². The van der Waals surface area contributed by atoms with Crippen LogP contribution in [0, 0.1) is 0 Å². The second kappa shape index (κ2) is 12.1. The number of azide groups is 1. The summed E-state index contributed by atoms with van der Waals surface area (Å²) >= 11 is 0. The number of halogens is 3. The fourth-order valence-electron chi connectivity index (χ4n) is 2.69. The van der Waals surface area contributed by atoms with E-state index in [1.165, 1.54) is 0 Å². The van der Waals surface area contributed by atoms with Crippen molar-refractivity contribution in [2.45, 2.75) is 57.6 Å². The van der Waals surface area contributed by atoms with E-state index >= 15 is 0 Å². The summed E-state index contributed by atoms with van der Waals surface area (Å²) in [4.78, 5) is 48.5. The largest absolute Gasteiger partial charge is 0.471 e. The van der Waals surface area contributed by atoms with E-state index in [1.54, 1.807) is 5.32 Å². The minimum absolute atomic E-state index is 0.253. The third kappa shape index (κ3) is 8.56. The Bertz CT molecular complexity index is 758. The number of nitrogens with one attached hydrogen (secondary N) is 1. The van der Waals surface area contributed by atoms with Gasteiger partial charge in [-0.05, 0) is 5.53 Å². The van der Waals surface area contributed by atoms with Gasteiger partial charge in [-0.1, -0.05) is 5.11 Å². The Morgan fingerprint density at radius 1 is 1.06 bits per heavy atom. The number of rotatable bonds is 9. The van der Waals surface area contributed by atoms with Crippen LogP contribution in [0.4, 0.5) is 13.2 Å². The number of carbonyl (C=O) groups excluding carboxylic acids is 4. The van der Waals surface area contributed by atoms with Crippen molar-refractivity contribution >= 4 is 23.8 Å². The van der Waals surface area contributed by atoms with Crippen LogP contribution in [-0.4, -0.2) is 80.4 Å². The van der Waals surface area contributed by atoms with Crippen LogP contribution >= 0.6 is 0 Å². The van der Waals surface area contributed by atoms with Crippen molar-refractivity contribution in [1.82, 2.24) is 5.32 Å². The third-order valence-corrected chi connectivity index (χ3v) is 3.79. The molecule has 1 saturated heterocycles. The number of hydrogen-bond donors (Lipinski definition) is 1. The summed E-state index contributed by atoms with van der Waals surface area (Å²) in [6, 6.07) is -1.81. The lowest BCUT2D eigenvalue weighted by molar-refractivity contribution is -0.278. The fourth-order valence-corrected chi connectivity index (χ4v) is 2.69. The van der Waals surface area contributed by atoms with Crippen molar-refractivity contribution in [2.75, 3.05) is 19.8 Å². The Morgan fingerprint density at radius 3 is 2.16 bits per heavy atom. The lowest BCUT2D eigenvalue weighted by atomic mass is 9.96. The number of ether oxygens (including phenoxy) is 5. The predicted molar refractivity (Wildman–Crippen MR) is 94.4 cm³/mol. The van der Waals surface area contributed by atoms with Crippen LogP contribution in [0.5, 0.6) is 0 Å². The van der Waals surface area contributed by atoms with E-state index < -0.39 is 67.2 Å². The molecular weight excluding hydrogens is 449 g/mol. The van der Waals surface area contributed by atoms with Crippen molar-refractivity contribution in [3.05, 3.63) is 10.4 Å². The zero-order valence-electron chi connectivity index (χ0n) is 17.2. The van der Waals surface area contributed by atoms with Crippen LogP contribution in [0.15, 0.2) is 5.11 Å². The zero-order chi connectivity index (χ0) is 24.5. The molecule has 1 fully saturated rings. The molecule has 1 N–H and O–H groups in total. The molecule has 5 atom stereocenters. The van der Waals surface area contributed by atoms with E-state index in [1.807, 2.05) is 0 Å². The van der Waals surface area contributed by atoms with Crippen molar-refractivity contribution in [2.24, 2.45) is 5.11 Å². The summed E-state index contributed by atoms with van der Waals surface area (Å²) in [6.45, 7) is 1.80. The molecule has 0 saturated carbocycles. The number of carbonyl (C=O) groups is 4. The van der Waals surface area contributed by atoms with Crippen molar-refractivity contribution < 1.29 is 56.0 Å². The quantitative estimate of drug-likeness (QED) is 0.126. The first-order valence-electron chi connectivity index (χ1n) is 9.00. The van der Waals surface area contributed by atoms with Gasteiger partial charge in [0.1, 0.15) is 18.8 Å². The number of amides is 1. The molecule has 13 nitrogen and oxygen atoms in total. The Hall–Kier alpha value is -3.10. The molecule has 0 radical (unpaired) electrons. The Labute approximate surface area is 179 Å².